The summed E-state index contributed by atoms with van der Waals surface area (Å²) in [5.41, 5.74) is 3.11. The first kappa shape index (κ1) is 16.0. The molecular weight excluding hydrogens is 290 g/mol. The van der Waals surface area contributed by atoms with E-state index in [2.05, 4.69) is 12.2 Å². The van der Waals surface area contributed by atoms with Gasteiger partial charge in [0.1, 0.15) is 0 Å². The highest BCUT2D eigenvalue weighted by atomic mass is 16.5. The fourth-order valence-corrected chi connectivity index (χ4v) is 3.69. The Hall–Kier alpha value is -1.84. The number of carbonyl (C=O) groups is 2. The zero-order chi connectivity index (χ0) is 16.2. The molecule has 4 nitrogen and oxygen atoms in total. The first-order valence-electron chi connectivity index (χ1n) is 8.72. The van der Waals surface area contributed by atoms with Gasteiger partial charge in [-0.3, -0.25) is 4.79 Å². The summed E-state index contributed by atoms with van der Waals surface area (Å²) in [6.45, 7) is 1.97. The standard InChI is InChI=1S/C19H25NO3/c1-13-5-2-3-8-17(13)20-18(21)12-23-19(22)16-10-9-14-6-4-7-15(14)11-16/h9-11,13,17H,2-8,12H2,1H3,(H,20,21)/t13-,17-/m1/s1. The van der Waals surface area contributed by atoms with E-state index in [1.165, 1.54) is 17.5 Å². The molecule has 1 fully saturated rings. The summed E-state index contributed by atoms with van der Waals surface area (Å²) in [6.07, 6.45) is 7.83. The maximum Gasteiger partial charge on any atom is 0.338 e. The summed E-state index contributed by atoms with van der Waals surface area (Å²) in [5, 5.41) is 3.00. The third-order valence-electron chi connectivity index (χ3n) is 5.13. The molecule has 0 saturated heterocycles. The van der Waals surface area contributed by atoms with Gasteiger partial charge in [-0.05, 0) is 61.3 Å². The Bertz CT molecular complexity index is 596. The summed E-state index contributed by atoms with van der Waals surface area (Å²) in [5.74, 6) is -0.107. The highest BCUT2D eigenvalue weighted by Gasteiger charge is 2.23. The zero-order valence-electron chi connectivity index (χ0n) is 13.8. The van der Waals surface area contributed by atoms with Gasteiger partial charge < -0.3 is 10.1 Å². The van der Waals surface area contributed by atoms with Crippen LogP contribution in [0.25, 0.3) is 0 Å². The quantitative estimate of drug-likeness (QED) is 0.869. The van der Waals surface area contributed by atoms with Crippen molar-refractivity contribution in [2.24, 2.45) is 5.92 Å². The third kappa shape index (κ3) is 3.92. The van der Waals surface area contributed by atoms with Crippen molar-refractivity contribution >= 4 is 11.9 Å². The van der Waals surface area contributed by atoms with E-state index in [0.717, 1.165) is 38.5 Å². The first-order valence-corrected chi connectivity index (χ1v) is 8.72. The second-order valence-corrected chi connectivity index (χ2v) is 6.85. The number of carbonyl (C=O) groups excluding carboxylic acids is 2. The second-order valence-electron chi connectivity index (χ2n) is 6.85. The highest BCUT2D eigenvalue weighted by molar-refractivity contribution is 5.91. The zero-order valence-corrected chi connectivity index (χ0v) is 13.8. The van der Waals surface area contributed by atoms with Crippen LogP contribution in [0.2, 0.25) is 0 Å². The van der Waals surface area contributed by atoms with Crippen molar-refractivity contribution in [3.63, 3.8) is 0 Å². The molecule has 0 aromatic heterocycles. The van der Waals surface area contributed by atoms with Gasteiger partial charge in [-0.15, -0.1) is 0 Å². The number of hydrogen-bond donors (Lipinski definition) is 1. The maximum absolute atomic E-state index is 12.1. The average molecular weight is 315 g/mol. The van der Waals surface area contributed by atoms with Crippen molar-refractivity contribution < 1.29 is 14.3 Å². The van der Waals surface area contributed by atoms with E-state index < -0.39 is 5.97 Å². The number of ether oxygens (including phenoxy) is 1. The number of esters is 1. The van der Waals surface area contributed by atoms with Gasteiger partial charge in [0.25, 0.3) is 5.91 Å². The lowest BCUT2D eigenvalue weighted by Gasteiger charge is -2.29. The lowest BCUT2D eigenvalue weighted by molar-refractivity contribution is -0.125. The molecule has 1 N–H and O–H groups in total. The minimum Gasteiger partial charge on any atom is -0.452 e. The van der Waals surface area contributed by atoms with Crippen molar-refractivity contribution in [1.82, 2.24) is 5.32 Å². The van der Waals surface area contributed by atoms with E-state index in [-0.39, 0.29) is 18.6 Å². The molecule has 4 heteroatoms. The molecule has 2 atom stereocenters. The van der Waals surface area contributed by atoms with Crippen molar-refractivity contribution in [2.75, 3.05) is 6.61 Å². The Balaban J connectivity index is 1.49. The van der Waals surface area contributed by atoms with Gasteiger partial charge >= 0.3 is 5.97 Å². The largest absolute Gasteiger partial charge is 0.452 e. The third-order valence-corrected chi connectivity index (χ3v) is 5.13. The predicted molar refractivity (Wildman–Crippen MR) is 88.3 cm³/mol. The predicted octanol–water partition coefficient (Wildman–Crippen LogP) is 3.03. The summed E-state index contributed by atoms with van der Waals surface area (Å²) < 4.78 is 5.18. The molecule has 1 aromatic carbocycles. The molecule has 3 rings (SSSR count). The molecule has 0 unspecified atom stereocenters. The lowest BCUT2D eigenvalue weighted by Crippen LogP contribution is -2.42. The van der Waals surface area contributed by atoms with Crippen molar-refractivity contribution in [2.45, 2.75) is 57.9 Å². The minimum absolute atomic E-state index is 0.195. The molecule has 0 bridgehead atoms. The monoisotopic (exact) mass is 315 g/mol. The Labute approximate surface area is 137 Å². The number of amides is 1. The molecule has 2 aliphatic rings. The molecule has 1 aromatic rings. The molecule has 1 saturated carbocycles. The molecule has 2 aliphatic carbocycles. The summed E-state index contributed by atoms with van der Waals surface area (Å²) in [6, 6.07) is 5.93. The van der Waals surface area contributed by atoms with E-state index >= 15 is 0 Å². The van der Waals surface area contributed by atoms with Gasteiger partial charge in [0, 0.05) is 6.04 Å². The van der Waals surface area contributed by atoms with E-state index in [0.29, 0.717) is 11.5 Å². The van der Waals surface area contributed by atoms with E-state index in [4.69, 9.17) is 4.74 Å². The summed E-state index contributed by atoms with van der Waals surface area (Å²) >= 11 is 0. The van der Waals surface area contributed by atoms with Crippen LogP contribution in [0, 0.1) is 5.92 Å². The topological polar surface area (TPSA) is 55.4 Å². The van der Waals surface area contributed by atoms with E-state index in [1.807, 2.05) is 12.1 Å². The van der Waals surface area contributed by atoms with Crippen LogP contribution in [-0.4, -0.2) is 24.5 Å². The number of fused-ring (bicyclic) bond motifs is 1. The van der Waals surface area contributed by atoms with E-state index in [1.54, 1.807) is 6.07 Å². The number of hydrogen-bond acceptors (Lipinski definition) is 3. The molecule has 0 heterocycles. The van der Waals surface area contributed by atoms with Gasteiger partial charge in [0.15, 0.2) is 6.61 Å². The summed E-state index contributed by atoms with van der Waals surface area (Å²) in [4.78, 5) is 24.1. The van der Waals surface area contributed by atoms with Gasteiger partial charge in [0.05, 0.1) is 5.56 Å². The Morgan fingerprint density at radius 1 is 1.13 bits per heavy atom. The Kier molecular flexibility index (Phi) is 4.99. The van der Waals surface area contributed by atoms with Crippen LogP contribution < -0.4 is 5.32 Å². The van der Waals surface area contributed by atoms with Crippen molar-refractivity contribution in [1.29, 1.82) is 0 Å². The van der Waals surface area contributed by atoms with Crippen LogP contribution >= 0.6 is 0 Å². The van der Waals surface area contributed by atoms with E-state index in [9.17, 15) is 9.59 Å². The number of aryl methyl sites for hydroxylation is 2. The molecule has 0 radical (unpaired) electrons. The Morgan fingerprint density at radius 2 is 1.91 bits per heavy atom. The van der Waals surface area contributed by atoms with Crippen LogP contribution in [-0.2, 0) is 22.4 Å². The van der Waals surface area contributed by atoms with Crippen molar-refractivity contribution in [3.05, 3.63) is 34.9 Å². The van der Waals surface area contributed by atoms with Gasteiger partial charge in [-0.1, -0.05) is 25.8 Å². The number of rotatable bonds is 4. The highest BCUT2D eigenvalue weighted by Crippen LogP contribution is 2.24. The fourth-order valence-electron chi connectivity index (χ4n) is 3.69. The molecule has 0 spiro atoms. The average Bonchev–Trinajstić information content (AvgIpc) is 3.02. The SMILES string of the molecule is C[C@@H]1CCCC[C@H]1NC(=O)COC(=O)c1ccc2c(c1)CCC2. The van der Waals surface area contributed by atoms with Crippen LogP contribution in [0.1, 0.15) is 60.5 Å². The second kappa shape index (κ2) is 7.16. The molecule has 0 aliphatic heterocycles. The maximum atomic E-state index is 12.1. The van der Waals surface area contributed by atoms with Crippen LogP contribution in [0.4, 0.5) is 0 Å². The minimum atomic E-state index is -0.411. The molecule has 23 heavy (non-hydrogen) atoms. The van der Waals surface area contributed by atoms with Gasteiger partial charge in [0.2, 0.25) is 0 Å². The lowest BCUT2D eigenvalue weighted by atomic mass is 9.86. The number of benzene rings is 1. The first-order chi connectivity index (χ1) is 11.1. The normalized spacial score (nSPS) is 23.2. The van der Waals surface area contributed by atoms with Crippen LogP contribution in [0.5, 0.6) is 0 Å². The Morgan fingerprint density at radius 3 is 2.74 bits per heavy atom. The smallest absolute Gasteiger partial charge is 0.338 e. The van der Waals surface area contributed by atoms with Crippen LogP contribution in [0.3, 0.4) is 0 Å². The van der Waals surface area contributed by atoms with Gasteiger partial charge in [-0.2, -0.15) is 0 Å². The molecular formula is C19H25NO3. The number of nitrogens with one attached hydrogen (secondary N) is 1. The fraction of sp³-hybridized carbons (Fsp3) is 0.579. The van der Waals surface area contributed by atoms with Crippen LogP contribution in [0.15, 0.2) is 18.2 Å². The summed E-state index contributed by atoms with van der Waals surface area (Å²) in [7, 11) is 0. The van der Waals surface area contributed by atoms with Crippen molar-refractivity contribution in [3.8, 4) is 0 Å². The molecule has 1 amide bonds. The van der Waals surface area contributed by atoms with Gasteiger partial charge in [-0.25, -0.2) is 4.79 Å². The molecule has 124 valence electrons.